The number of nitrogens with one attached hydrogen (secondary N) is 2. The number of para-hydroxylation sites is 2. The molecule has 2 atom stereocenters. The second-order valence-corrected chi connectivity index (χ2v) is 8.16. The van der Waals surface area contributed by atoms with Gasteiger partial charge in [0.05, 0.1) is 30.6 Å². The summed E-state index contributed by atoms with van der Waals surface area (Å²) in [6, 6.07) is 24.1. The van der Waals surface area contributed by atoms with Crippen molar-refractivity contribution in [2.75, 3.05) is 7.11 Å². The van der Waals surface area contributed by atoms with Gasteiger partial charge in [-0.25, -0.2) is 4.98 Å². The lowest BCUT2D eigenvalue weighted by Crippen LogP contribution is -2.35. The standard InChI is InChI=1S/C27H28N4O3/c1-18(32)28-23(19-13-15-21(34-3)16-14-19)17-25(33)30-26(20-9-5-4-6-10-20)27-29-22-11-7-8-12-24(22)31(27)2/h4-16,23,26H,17H2,1-3H3,(H,28,32)(H,30,33). The van der Waals surface area contributed by atoms with Crippen LogP contribution in [0.3, 0.4) is 0 Å². The molecule has 7 nitrogen and oxygen atoms in total. The van der Waals surface area contributed by atoms with E-state index in [1.54, 1.807) is 7.11 Å². The number of aromatic nitrogens is 2. The van der Waals surface area contributed by atoms with Crippen LogP contribution in [0.25, 0.3) is 11.0 Å². The van der Waals surface area contributed by atoms with E-state index in [0.717, 1.165) is 28.0 Å². The third kappa shape index (κ3) is 5.09. The van der Waals surface area contributed by atoms with Crippen molar-refractivity contribution >= 4 is 22.8 Å². The predicted molar refractivity (Wildman–Crippen MR) is 131 cm³/mol. The van der Waals surface area contributed by atoms with Gasteiger partial charge < -0.3 is 19.9 Å². The van der Waals surface area contributed by atoms with Gasteiger partial charge in [0, 0.05) is 14.0 Å². The van der Waals surface area contributed by atoms with Gasteiger partial charge in [-0.3, -0.25) is 9.59 Å². The Morgan fingerprint density at radius 1 is 0.912 bits per heavy atom. The van der Waals surface area contributed by atoms with Crippen molar-refractivity contribution in [2.45, 2.75) is 25.4 Å². The highest BCUT2D eigenvalue weighted by Gasteiger charge is 2.25. The molecule has 0 fully saturated rings. The summed E-state index contributed by atoms with van der Waals surface area (Å²) in [5.41, 5.74) is 3.60. The lowest BCUT2D eigenvalue weighted by molar-refractivity contribution is -0.123. The number of imidazole rings is 1. The average Bonchev–Trinajstić information content (AvgIpc) is 3.18. The van der Waals surface area contributed by atoms with Crippen LogP contribution < -0.4 is 15.4 Å². The minimum atomic E-state index is -0.472. The zero-order chi connectivity index (χ0) is 24.1. The summed E-state index contributed by atoms with van der Waals surface area (Å²) in [5, 5.41) is 6.04. The maximum absolute atomic E-state index is 13.3. The van der Waals surface area contributed by atoms with E-state index in [0.29, 0.717) is 5.75 Å². The molecule has 2 N–H and O–H groups in total. The van der Waals surface area contributed by atoms with Crippen LogP contribution in [0.4, 0.5) is 0 Å². The smallest absolute Gasteiger partial charge is 0.223 e. The lowest BCUT2D eigenvalue weighted by Gasteiger charge is -2.22. The first-order valence-corrected chi connectivity index (χ1v) is 11.1. The van der Waals surface area contributed by atoms with E-state index in [9.17, 15) is 9.59 Å². The van der Waals surface area contributed by atoms with Gasteiger partial charge in [-0.15, -0.1) is 0 Å². The lowest BCUT2D eigenvalue weighted by atomic mass is 10.0. The summed E-state index contributed by atoms with van der Waals surface area (Å²) in [5.74, 6) is 1.04. The molecule has 4 rings (SSSR count). The molecule has 1 heterocycles. The fourth-order valence-electron chi connectivity index (χ4n) is 4.10. The fraction of sp³-hybridized carbons (Fsp3) is 0.222. The molecule has 0 saturated carbocycles. The number of methoxy groups -OCH3 is 1. The monoisotopic (exact) mass is 456 g/mol. The summed E-state index contributed by atoms with van der Waals surface area (Å²) >= 11 is 0. The van der Waals surface area contributed by atoms with Crippen LogP contribution in [0.15, 0.2) is 78.9 Å². The van der Waals surface area contributed by atoms with Gasteiger partial charge >= 0.3 is 0 Å². The van der Waals surface area contributed by atoms with Crippen LogP contribution in [-0.4, -0.2) is 28.5 Å². The van der Waals surface area contributed by atoms with E-state index >= 15 is 0 Å². The topological polar surface area (TPSA) is 85.2 Å². The van der Waals surface area contributed by atoms with Crippen molar-refractivity contribution in [3.05, 3.63) is 95.8 Å². The van der Waals surface area contributed by atoms with Crippen LogP contribution >= 0.6 is 0 Å². The molecular weight excluding hydrogens is 428 g/mol. The minimum absolute atomic E-state index is 0.0825. The maximum Gasteiger partial charge on any atom is 0.223 e. The van der Waals surface area contributed by atoms with Crippen LogP contribution in [0.2, 0.25) is 0 Å². The van der Waals surface area contributed by atoms with E-state index in [2.05, 4.69) is 10.6 Å². The van der Waals surface area contributed by atoms with Crippen molar-refractivity contribution in [1.82, 2.24) is 20.2 Å². The number of fused-ring (bicyclic) bond motifs is 1. The van der Waals surface area contributed by atoms with Gasteiger partial charge in [-0.05, 0) is 35.4 Å². The van der Waals surface area contributed by atoms with Crippen LogP contribution in [0.1, 0.15) is 42.4 Å². The third-order valence-corrected chi connectivity index (χ3v) is 5.80. The van der Waals surface area contributed by atoms with E-state index in [4.69, 9.17) is 9.72 Å². The predicted octanol–water partition coefficient (Wildman–Crippen LogP) is 4.06. The van der Waals surface area contributed by atoms with Crippen molar-refractivity contribution in [1.29, 1.82) is 0 Å². The van der Waals surface area contributed by atoms with E-state index in [1.165, 1.54) is 6.92 Å². The summed E-state index contributed by atoms with van der Waals surface area (Å²) in [6.45, 7) is 1.45. The van der Waals surface area contributed by atoms with Gasteiger partial charge in [0.15, 0.2) is 0 Å². The van der Waals surface area contributed by atoms with Crippen molar-refractivity contribution in [3.63, 3.8) is 0 Å². The number of nitrogens with zero attached hydrogens (tertiary/aromatic N) is 2. The van der Waals surface area contributed by atoms with Crippen LogP contribution in [0.5, 0.6) is 5.75 Å². The molecule has 4 aromatic rings. The number of carbonyl (C=O) groups excluding carboxylic acids is 2. The number of rotatable bonds is 8. The number of hydrogen-bond donors (Lipinski definition) is 2. The number of amides is 2. The van der Waals surface area contributed by atoms with Gasteiger partial charge in [0.2, 0.25) is 11.8 Å². The molecule has 34 heavy (non-hydrogen) atoms. The van der Waals surface area contributed by atoms with Crippen LogP contribution in [-0.2, 0) is 16.6 Å². The third-order valence-electron chi connectivity index (χ3n) is 5.80. The molecule has 174 valence electrons. The Morgan fingerprint density at radius 3 is 2.24 bits per heavy atom. The summed E-state index contributed by atoms with van der Waals surface area (Å²) in [4.78, 5) is 30.0. The molecular formula is C27H28N4O3. The zero-order valence-corrected chi connectivity index (χ0v) is 19.5. The molecule has 0 spiro atoms. The maximum atomic E-state index is 13.3. The Kier molecular flexibility index (Phi) is 6.92. The molecule has 0 bridgehead atoms. The van der Waals surface area contributed by atoms with Gasteiger partial charge in [0.1, 0.15) is 17.6 Å². The number of carbonyl (C=O) groups is 2. The van der Waals surface area contributed by atoms with Crippen molar-refractivity contribution in [3.8, 4) is 5.75 Å². The summed E-state index contributed by atoms with van der Waals surface area (Å²) in [6.07, 6.45) is 0.0825. The molecule has 7 heteroatoms. The number of ether oxygens (including phenoxy) is 1. The zero-order valence-electron chi connectivity index (χ0n) is 19.5. The Labute approximate surface area is 198 Å². The first kappa shape index (κ1) is 23.0. The minimum Gasteiger partial charge on any atom is -0.497 e. The second kappa shape index (κ2) is 10.2. The molecule has 0 saturated heterocycles. The van der Waals surface area contributed by atoms with E-state index < -0.39 is 12.1 Å². The molecule has 2 unspecified atom stereocenters. The number of hydrogen-bond acceptors (Lipinski definition) is 4. The number of benzene rings is 3. The van der Waals surface area contributed by atoms with Gasteiger partial charge in [0.25, 0.3) is 0 Å². The Balaban J connectivity index is 1.63. The molecule has 0 aliphatic rings. The summed E-state index contributed by atoms with van der Waals surface area (Å²) in [7, 11) is 3.54. The molecule has 1 aromatic heterocycles. The van der Waals surface area contributed by atoms with E-state index in [-0.39, 0.29) is 18.2 Å². The van der Waals surface area contributed by atoms with Gasteiger partial charge in [-0.1, -0.05) is 54.6 Å². The summed E-state index contributed by atoms with van der Waals surface area (Å²) < 4.78 is 7.22. The highest BCUT2D eigenvalue weighted by Crippen LogP contribution is 2.26. The fourth-order valence-corrected chi connectivity index (χ4v) is 4.10. The van der Waals surface area contributed by atoms with Crippen molar-refractivity contribution in [2.24, 2.45) is 7.05 Å². The largest absolute Gasteiger partial charge is 0.497 e. The average molecular weight is 457 g/mol. The van der Waals surface area contributed by atoms with Crippen molar-refractivity contribution < 1.29 is 14.3 Å². The van der Waals surface area contributed by atoms with Gasteiger partial charge in [-0.2, -0.15) is 0 Å². The quantitative estimate of drug-likeness (QED) is 0.419. The Hall–Kier alpha value is -4.13. The first-order chi connectivity index (χ1) is 16.5. The normalized spacial score (nSPS) is 12.7. The molecule has 0 aliphatic carbocycles. The number of aryl methyl sites for hydroxylation is 1. The molecule has 3 aromatic carbocycles. The SMILES string of the molecule is COc1ccc(C(CC(=O)NC(c2ccccc2)c2nc3ccccc3n2C)NC(C)=O)cc1. The molecule has 0 radical (unpaired) electrons. The molecule has 0 aliphatic heterocycles. The second-order valence-electron chi connectivity index (χ2n) is 8.16. The highest BCUT2D eigenvalue weighted by molar-refractivity contribution is 5.80. The highest BCUT2D eigenvalue weighted by atomic mass is 16.5. The Bertz CT molecular complexity index is 1280. The molecule has 2 amide bonds. The first-order valence-electron chi connectivity index (χ1n) is 11.1. The van der Waals surface area contributed by atoms with Crippen LogP contribution in [0, 0.1) is 0 Å². The van der Waals surface area contributed by atoms with E-state index in [1.807, 2.05) is 90.5 Å². The Morgan fingerprint density at radius 2 is 1.59 bits per heavy atom.